The van der Waals surface area contributed by atoms with Gasteiger partial charge in [0.25, 0.3) is 0 Å². The van der Waals surface area contributed by atoms with Crippen LogP contribution in [0, 0.1) is 0 Å². The summed E-state index contributed by atoms with van der Waals surface area (Å²) in [6.45, 7) is 4.14. The summed E-state index contributed by atoms with van der Waals surface area (Å²) < 4.78 is 7.14. The summed E-state index contributed by atoms with van der Waals surface area (Å²) >= 11 is 8.56. The van der Waals surface area contributed by atoms with E-state index in [1.54, 1.807) is 11.3 Å². The average molecular weight is 366 g/mol. The van der Waals surface area contributed by atoms with Crippen molar-refractivity contribution in [1.82, 2.24) is 5.16 Å². The van der Waals surface area contributed by atoms with Gasteiger partial charge in [-0.25, -0.2) is 0 Å². The molecule has 0 aromatic carbocycles. The number of aromatic nitrogens is 1. The minimum atomic E-state index is 0.284. The van der Waals surface area contributed by atoms with Gasteiger partial charge in [-0.3, -0.25) is 0 Å². The third kappa shape index (κ3) is 2.06. The van der Waals surface area contributed by atoms with Crippen LogP contribution in [0.5, 0.6) is 0 Å². The maximum Gasteiger partial charge on any atom is 0.226 e. The van der Waals surface area contributed by atoms with E-state index in [0.717, 1.165) is 24.4 Å². The third-order valence-electron chi connectivity index (χ3n) is 2.25. The van der Waals surface area contributed by atoms with Gasteiger partial charge in [-0.2, -0.15) is 0 Å². The largest absolute Gasteiger partial charge is 0.367 e. The summed E-state index contributed by atoms with van der Waals surface area (Å²) in [5.41, 5.74) is 8.58. The molecule has 0 atom stereocenters. The lowest BCUT2D eigenvalue weighted by Gasteiger charge is -2.04. The molecule has 2 aromatic rings. The molecule has 0 fully saturated rings. The number of nitrogen functional groups attached to an aromatic ring is 1. The first-order chi connectivity index (χ1) is 7.50. The summed E-state index contributed by atoms with van der Waals surface area (Å²) in [4.78, 5) is 0. The van der Waals surface area contributed by atoms with Gasteiger partial charge in [0, 0.05) is 11.1 Å². The summed E-state index contributed by atoms with van der Waals surface area (Å²) in [6, 6.07) is 2.01. The smallest absolute Gasteiger partial charge is 0.226 e. The zero-order valence-electron chi connectivity index (χ0n) is 8.75. The number of rotatable bonds is 2. The standard InChI is InChI=1S/C10H10Br2N2OS/c1-4(2)7-8(14-15-10(7)13)5-3-6(11)16-9(5)12/h3-4H,13H2,1-2H3. The minimum Gasteiger partial charge on any atom is -0.367 e. The lowest BCUT2D eigenvalue weighted by Crippen LogP contribution is -1.94. The minimum absolute atomic E-state index is 0.284. The van der Waals surface area contributed by atoms with Gasteiger partial charge in [0.05, 0.1) is 7.57 Å². The molecule has 86 valence electrons. The first-order valence-corrected chi connectivity index (χ1v) is 7.11. The third-order valence-corrected chi connectivity index (χ3v) is 4.58. The van der Waals surface area contributed by atoms with Crippen LogP contribution < -0.4 is 5.73 Å². The van der Waals surface area contributed by atoms with Gasteiger partial charge in [0.1, 0.15) is 5.69 Å². The highest BCUT2D eigenvalue weighted by molar-refractivity contribution is 9.12. The number of hydrogen-bond donors (Lipinski definition) is 1. The second-order valence-corrected chi connectivity index (χ2v) is 7.45. The Morgan fingerprint density at radius 2 is 2.12 bits per heavy atom. The number of nitrogens with two attached hydrogens (primary N) is 1. The van der Waals surface area contributed by atoms with E-state index >= 15 is 0 Å². The predicted octanol–water partition coefficient (Wildman–Crippen LogP) is 4.63. The molecule has 0 saturated heterocycles. The normalized spacial score (nSPS) is 11.3. The van der Waals surface area contributed by atoms with Crippen LogP contribution in [0.4, 0.5) is 5.88 Å². The molecular weight excluding hydrogens is 356 g/mol. The zero-order chi connectivity index (χ0) is 11.9. The van der Waals surface area contributed by atoms with Crippen LogP contribution in [-0.4, -0.2) is 5.16 Å². The molecule has 0 saturated carbocycles. The van der Waals surface area contributed by atoms with Gasteiger partial charge in [-0.1, -0.05) is 19.0 Å². The molecule has 0 aliphatic carbocycles. The van der Waals surface area contributed by atoms with E-state index in [2.05, 4.69) is 50.9 Å². The molecule has 0 spiro atoms. The van der Waals surface area contributed by atoms with Crippen molar-refractivity contribution in [1.29, 1.82) is 0 Å². The van der Waals surface area contributed by atoms with E-state index < -0.39 is 0 Å². The highest BCUT2D eigenvalue weighted by Crippen LogP contribution is 2.42. The van der Waals surface area contributed by atoms with Crippen LogP contribution in [-0.2, 0) is 0 Å². The second kappa shape index (κ2) is 4.50. The summed E-state index contributed by atoms with van der Waals surface area (Å²) in [5, 5.41) is 4.04. The Morgan fingerprint density at radius 3 is 2.62 bits per heavy atom. The molecule has 0 bridgehead atoms. The lowest BCUT2D eigenvalue weighted by atomic mass is 10.0. The lowest BCUT2D eigenvalue weighted by molar-refractivity contribution is 0.438. The van der Waals surface area contributed by atoms with Gasteiger partial charge in [-0.15, -0.1) is 11.3 Å². The SMILES string of the molecule is CC(C)c1c(-c2cc(Br)sc2Br)noc1N. The second-order valence-electron chi connectivity index (χ2n) is 3.70. The predicted molar refractivity (Wildman–Crippen MR) is 73.7 cm³/mol. The Balaban J connectivity index is 2.60. The molecular formula is C10H10Br2N2OS. The van der Waals surface area contributed by atoms with E-state index in [1.165, 1.54) is 0 Å². The number of nitrogens with zero attached hydrogens (tertiary/aromatic N) is 1. The molecule has 0 aliphatic heterocycles. The van der Waals surface area contributed by atoms with Crippen molar-refractivity contribution in [3.05, 3.63) is 19.2 Å². The van der Waals surface area contributed by atoms with E-state index in [-0.39, 0.29) is 5.92 Å². The molecule has 0 unspecified atom stereocenters. The Hall–Kier alpha value is -0.330. The van der Waals surface area contributed by atoms with Gasteiger partial charge in [-0.05, 0) is 43.8 Å². The Bertz CT molecular complexity index is 519. The van der Waals surface area contributed by atoms with Crippen LogP contribution in [0.3, 0.4) is 0 Å². The summed E-state index contributed by atoms with van der Waals surface area (Å²) in [7, 11) is 0. The first kappa shape index (κ1) is 12.1. The van der Waals surface area contributed by atoms with E-state index in [0.29, 0.717) is 5.88 Å². The van der Waals surface area contributed by atoms with Crippen LogP contribution in [0.1, 0.15) is 25.3 Å². The van der Waals surface area contributed by atoms with Crippen LogP contribution in [0.2, 0.25) is 0 Å². The van der Waals surface area contributed by atoms with Crippen molar-refractivity contribution >= 4 is 49.1 Å². The van der Waals surface area contributed by atoms with Crippen LogP contribution >= 0.6 is 43.2 Å². The number of anilines is 1. The molecule has 0 aliphatic rings. The molecule has 2 aromatic heterocycles. The van der Waals surface area contributed by atoms with Crippen molar-refractivity contribution in [2.24, 2.45) is 0 Å². The van der Waals surface area contributed by atoms with E-state index in [4.69, 9.17) is 10.3 Å². The Labute approximate surface area is 114 Å². The fraction of sp³-hybridized carbons (Fsp3) is 0.300. The maximum atomic E-state index is 5.78. The van der Waals surface area contributed by atoms with Crippen LogP contribution in [0.25, 0.3) is 11.3 Å². The summed E-state index contributed by atoms with van der Waals surface area (Å²) in [6.07, 6.45) is 0. The number of halogens is 2. The molecule has 2 N–H and O–H groups in total. The van der Waals surface area contributed by atoms with E-state index in [9.17, 15) is 0 Å². The fourth-order valence-corrected chi connectivity index (χ4v) is 4.37. The quantitative estimate of drug-likeness (QED) is 0.843. The summed E-state index contributed by atoms with van der Waals surface area (Å²) in [5.74, 6) is 0.686. The Kier molecular flexibility index (Phi) is 3.42. The molecule has 0 radical (unpaired) electrons. The van der Waals surface area contributed by atoms with Crippen molar-refractivity contribution in [3.63, 3.8) is 0 Å². The van der Waals surface area contributed by atoms with Crippen molar-refractivity contribution in [2.75, 3.05) is 5.73 Å². The average Bonchev–Trinajstić information content (AvgIpc) is 2.69. The van der Waals surface area contributed by atoms with Gasteiger partial charge in [0.2, 0.25) is 5.88 Å². The van der Waals surface area contributed by atoms with E-state index in [1.807, 2.05) is 6.07 Å². The number of thiophene rings is 1. The fourth-order valence-electron chi connectivity index (χ4n) is 1.56. The van der Waals surface area contributed by atoms with Crippen LogP contribution in [0.15, 0.2) is 18.2 Å². The molecule has 2 rings (SSSR count). The van der Waals surface area contributed by atoms with Gasteiger partial charge in [0.15, 0.2) is 0 Å². The van der Waals surface area contributed by atoms with Gasteiger partial charge >= 0.3 is 0 Å². The van der Waals surface area contributed by atoms with Crippen molar-refractivity contribution < 1.29 is 4.52 Å². The molecule has 16 heavy (non-hydrogen) atoms. The molecule has 0 amide bonds. The molecule has 6 heteroatoms. The van der Waals surface area contributed by atoms with Gasteiger partial charge < -0.3 is 10.3 Å². The van der Waals surface area contributed by atoms with Crippen molar-refractivity contribution in [3.8, 4) is 11.3 Å². The number of hydrogen-bond acceptors (Lipinski definition) is 4. The highest BCUT2D eigenvalue weighted by Gasteiger charge is 2.21. The monoisotopic (exact) mass is 364 g/mol. The van der Waals surface area contributed by atoms with Crippen molar-refractivity contribution in [2.45, 2.75) is 19.8 Å². The molecule has 3 nitrogen and oxygen atoms in total. The zero-order valence-corrected chi connectivity index (χ0v) is 12.7. The highest BCUT2D eigenvalue weighted by atomic mass is 79.9. The maximum absolute atomic E-state index is 5.78. The molecule has 2 heterocycles. The Morgan fingerprint density at radius 1 is 1.44 bits per heavy atom. The topological polar surface area (TPSA) is 52.0 Å². The first-order valence-electron chi connectivity index (χ1n) is 4.71.